The number of benzene rings is 2. The van der Waals surface area contributed by atoms with Crippen LogP contribution in [0.25, 0.3) is 0 Å². The molecule has 2 N–H and O–H groups in total. The Morgan fingerprint density at radius 2 is 1.64 bits per heavy atom. The van der Waals surface area contributed by atoms with Gasteiger partial charge in [0, 0.05) is 19.5 Å². The predicted octanol–water partition coefficient (Wildman–Crippen LogP) is 3.43. The summed E-state index contributed by atoms with van der Waals surface area (Å²) in [7, 11) is 0. The van der Waals surface area contributed by atoms with E-state index in [1.807, 2.05) is 4.90 Å². The minimum atomic E-state index is -0.965. The third kappa shape index (κ3) is 4.95. The summed E-state index contributed by atoms with van der Waals surface area (Å²) in [5.41, 5.74) is 1.87. The Balaban J connectivity index is 1.46. The number of aliphatic hydroxyl groups excluding tert-OH is 1. The third-order valence-electron chi connectivity index (χ3n) is 5.38. The number of aromatic carboxylic acids is 1. The first-order chi connectivity index (χ1) is 13.4. The molecule has 2 aromatic carbocycles. The molecule has 1 saturated heterocycles. The number of rotatable bonds is 6. The number of aliphatic hydroxyl groups is 1. The molecular weight excluding hydrogens is 361 g/mol. The molecule has 0 saturated carbocycles. The minimum Gasteiger partial charge on any atom is -0.478 e. The summed E-state index contributed by atoms with van der Waals surface area (Å²) in [6.07, 6.45) is 1.70. The van der Waals surface area contributed by atoms with Crippen LogP contribution in [0.4, 0.5) is 4.39 Å². The number of nitrogens with zero attached hydrogens (tertiary/aromatic N) is 1. The quantitative estimate of drug-likeness (QED) is 0.799. The van der Waals surface area contributed by atoms with E-state index < -0.39 is 12.1 Å². The van der Waals surface area contributed by atoms with Crippen molar-refractivity contribution < 1.29 is 24.2 Å². The van der Waals surface area contributed by atoms with Crippen LogP contribution >= 0.6 is 0 Å². The van der Waals surface area contributed by atoms with Crippen LogP contribution in [-0.4, -0.2) is 40.1 Å². The van der Waals surface area contributed by atoms with Crippen LogP contribution in [0.1, 0.15) is 46.9 Å². The average molecular weight is 385 g/mol. The topological polar surface area (TPSA) is 77.8 Å². The summed E-state index contributed by atoms with van der Waals surface area (Å²) >= 11 is 0. The molecule has 0 radical (unpaired) electrons. The second-order valence-corrected chi connectivity index (χ2v) is 7.22. The third-order valence-corrected chi connectivity index (χ3v) is 5.38. The Hall–Kier alpha value is -2.73. The first kappa shape index (κ1) is 20.0. The van der Waals surface area contributed by atoms with Crippen molar-refractivity contribution in [2.24, 2.45) is 5.92 Å². The Kier molecular flexibility index (Phi) is 6.41. The molecular formula is C22H24FNO4. The van der Waals surface area contributed by atoms with E-state index in [4.69, 9.17) is 5.11 Å². The Bertz CT molecular complexity index is 811. The number of carbonyl (C=O) groups excluding carboxylic acids is 1. The zero-order valence-electron chi connectivity index (χ0n) is 15.6. The molecule has 1 heterocycles. The van der Waals surface area contributed by atoms with E-state index in [-0.39, 0.29) is 23.2 Å². The molecule has 1 amide bonds. The number of halogens is 1. The van der Waals surface area contributed by atoms with E-state index in [0.29, 0.717) is 44.3 Å². The number of aryl methyl sites for hydroxylation is 1. The molecule has 0 aliphatic carbocycles. The van der Waals surface area contributed by atoms with Gasteiger partial charge < -0.3 is 15.1 Å². The number of carboxylic acids is 1. The van der Waals surface area contributed by atoms with E-state index >= 15 is 0 Å². The van der Waals surface area contributed by atoms with Gasteiger partial charge >= 0.3 is 5.97 Å². The molecule has 0 aromatic heterocycles. The normalized spacial score (nSPS) is 16.0. The van der Waals surface area contributed by atoms with E-state index in [0.717, 1.165) is 5.56 Å². The second kappa shape index (κ2) is 8.97. The number of amides is 1. The van der Waals surface area contributed by atoms with Crippen LogP contribution in [0.5, 0.6) is 0 Å². The van der Waals surface area contributed by atoms with Gasteiger partial charge in [-0.05, 0) is 60.6 Å². The van der Waals surface area contributed by atoms with E-state index in [1.54, 1.807) is 36.4 Å². The highest BCUT2D eigenvalue weighted by Gasteiger charge is 2.28. The van der Waals surface area contributed by atoms with Gasteiger partial charge in [-0.1, -0.05) is 24.3 Å². The maximum atomic E-state index is 13.0. The molecule has 1 fully saturated rings. The Morgan fingerprint density at radius 1 is 1.04 bits per heavy atom. The first-order valence-corrected chi connectivity index (χ1v) is 9.47. The zero-order chi connectivity index (χ0) is 20.1. The van der Waals surface area contributed by atoms with Crippen molar-refractivity contribution in [3.8, 4) is 0 Å². The monoisotopic (exact) mass is 385 g/mol. The van der Waals surface area contributed by atoms with Crippen molar-refractivity contribution in [3.63, 3.8) is 0 Å². The van der Waals surface area contributed by atoms with Gasteiger partial charge in [0.2, 0.25) is 5.91 Å². The van der Waals surface area contributed by atoms with Crippen LogP contribution < -0.4 is 0 Å². The maximum Gasteiger partial charge on any atom is 0.335 e. The predicted molar refractivity (Wildman–Crippen MR) is 102 cm³/mol. The number of hydrogen-bond donors (Lipinski definition) is 2. The van der Waals surface area contributed by atoms with Crippen molar-refractivity contribution in [1.82, 2.24) is 4.90 Å². The number of piperidine rings is 1. The van der Waals surface area contributed by atoms with Crippen LogP contribution in [0.2, 0.25) is 0 Å². The van der Waals surface area contributed by atoms with Gasteiger partial charge in [0.25, 0.3) is 0 Å². The number of likely N-dealkylation sites (tertiary alicyclic amines) is 1. The maximum absolute atomic E-state index is 13.0. The van der Waals surface area contributed by atoms with E-state index in [1.165, 1.54) is 12.1 Å². The molecule has 2 aromatic rings. The van der Waals surface area contributed by atoms with Gasteiger partial charge in [-0.3, -0.25) is 4.79 Å². The fourth-order valence-corrected chi connectivity index (χ4v) is 3.62. The Labute approximate surface area is 163 Å². The van der Waals surface area contributed by atoms with Gasteiger partial charge in [0.1, 0.15) is 5.82 Å². The molecule has 6 heteroatoms. The van der Waals surface area contributed by atoms with E-state index in [2.05, 4.69) is 0 Å². The van der Waals surface area contributed by atoms with Gasteiger partial charge in [0.05, 0.1) is 11.7 Å². The summed E-state index contributed by atoms with van der Waals surface area (Å²) in [5.74, 6) is -1.17. The standard InChI is InChI=1S/C22H24FNO4/c23-19-8-6-16(7-9-19)21(26)17-11-13-24(14-12-17)20(25)10-3-15-1-4-18(5-2-15)22(27)28/h1-2,4-9,17,21,26H,3,10-14H2,(H,27,28)/t21-/m0/s1. The lowest BCUT2D eigenvalue weighted by atomic mass is 9.87. The summed E-state index contributed by atoms with van der Waals surface area (Å²) in [5, 5.41) is 19.4. The minimum absolute atomic E-state index is 0.0538. The summed E-state index contributed by atoms with van der Waals surface area (Å²) in [6, 6.07) is 12.5. The van der Waals surface area contributed by atoms with Crippen LogP contribution in [0.3, 0.4) is 0 Å². The SMILES string of the molecule is O=C(O)c1ccc(CCC(=O)N2CCC([C@@H](O)c3ccc(F)cc3)CC2)cc1. The van der Waals surface area contributed by atoms with Gasteiger partial charge in [-0.15, -0.1) is 0 Å². The number of carboxylic acid groups (broad SMARTS) is 1. The van der Waals surface area contributed by atoms with E-state index in [9.17, 15) is 19.1 Å². The molecule has 0 unspecified atom stereocenters. The fourth-order valence-electron chi connectivity index (χ4n) is 3.62. The lowest BCUT2D eigenvalue weighted by Gasteiger charge is -2.34. The van der Waals surface area contributed by atoms with Crippen molar-refractivity contribution in [2.45, 2.75) is 31.8 Å². The number of hydrogen-bond acceptors (Lipinski definition) is 3. The average Bonchev–Trinajstić information content (AvgIpc) is 2.72. The van der Waals surface area contributed by atoms with Crippen LogP contribution in [0.15, 0.2) is 48.5 Å². The summed E-state index contributed by atoms with van der Waals surface area (Å²) in [6.45, 7) is 1.19. The molecule has 0 bridgehead atoms. The largest absolute Gasteiger partial charge is 0.478 e. The highest BCUT2D eigenvalue weighted by molar-refractivity contribution is 5.87. The van der Waals surface area contributed by atoms with Crippen molar-refractivity contribution >= 4 is 11.9 Å². The zero-order valence-corrected chi connectivity index (χ0v) is 15.6. The molecule has 1 atom stereocenters. The summed E-state index contributed by atoms with van der Waals surface area (Å²) < 4.78 is 13.0. The second-order valence-electron chi connectivity index (χ2n) is 7.22. The molecule has 0 spiro atoms. The van der Waals surface area contributed by atoms with Crippen molar-refractivity contribution in [2.75, 3.05) is 13.1 Å². The van der Waals surface area contributed by atoms with Gasteiger partial charge in [-0.2, -0.15) is 0 Å². The van der Waals surface area contributed by atoms with Crippen molar-refractivity contribution in [3.05, 3.63) is 71.0 Å². The lowest BCUT2D eigenvalue weighted by molar-refractivity contribution is -0.133. The molecule has 3 rings (SSSR count). The highest BCUT2D eigenvalue weighted by atomic mass is 19.1. The fraction of sp³-hybridized carbons (Fsp3) is 0.364. The first-order valence-electron chi connectivity index (χ1n) is 9.47. The molecule has 28 heavy (non-hydrogen) atoms. The summed E-state index contributed by atoms with van der Waals surface area (Å²) in [4.78, 5) is 25.1. The molecule has 1 aliphatic heterocycles. The van der Waals surface area contributed by atoms with Gasteiger partial charge in [0.15, 0.2) is 0 Å². The molecule has 5 nitrogen and oxygen atoms in total. The molecule has 148 valence electrons. The smallest absolute Gasteiger partial charge is 0.335 e. The molecule has 1 aliphatic rings. The van der Waals surface area contributed by atoms with Crippen molar-refractivity contribution in [1.29, 1.82) is 0 Å². The highest BCUT2D eigenvalue weighted by Crippen LogP contribution is 2.31. The lowest BCUT2D eigenvalue weighted by Crippen LogP contribution is -2.39. The van der Waals surface area contributed by atoms with Crippen LogP contribution in [0, 0.1) is 11.7 Å². The Morgan fingerprint density at radius 3 is 2.21 bits per heavy atom. The van der Waals surface area contributed by atoms with Crippen LogP contribution in [-0.2, 0) is 11.2 Å². The van der Waals surface area contributed by atoms with Gasteiger partial charge in [-0.25, -0.2) is 9.18 Å². The number of carbonyl (C=O) groups is 2.